The van der Waals surface area contributed by atoms with Gasteiger partial charge in [0.15, 0.2) is 0 Å². The van der Waals surface area contributed by atoms with Gasteiger partial charge in [-0.15, -0.1) is 9.81 Å². The third kappa shape index (κ3) is 7.84. The van der Waals surface area contributed by atoms with Crippen LogP contribution < -0.4 is 11.5 Å². The van der Waals surface area contributed by atoms with Crippen LogP contribution in [-0.4, -0.2) is 36.2 Å². The van der Waals surface area contributed by atoms with Gasteiger partial charge >= 0.3 is 12.1 Å². The van der Waals surface area contributed by atoms with Gasteiger partial charge < -0.3 is 11.5 Å². The van der Waals surface area contributed by atoms with Gasteiger partial charge in [-0.1, -0.05) is 0 Å². The lowest BCUT2D eigenvalue weighted by Gasteiger charge is -1.97. The summed E-state index contributed by atoms with van der Waals surface area (Å²) in [7, 11) is 2.35. The van der Waals surface area contributed by atoms with Crippen molar-refractivity contribution in [3.8, 4) is 0 Å². The molecule has 4 amide bonds. The van der Waals surface area contributed by atoms with E-state index in [1.807, 2.05) is 0 Å². The number of carbonyl (C=O) groups excluding carboxylic acids is 2. The van der Waals surface area contributed by atoms with Gasteiger partial charge in [-0.25, -0.2) is 9.59 Å². The molecule has 10 heteroatoms. The van der Waals surface area contributed by atoms with E-state index >= 15 is 0 Å². The fourth-order valence-electron chi connectivity index (χ4n) is 0.0805. The van der Waals surface area contributed by atoms with Gasteiger partial charge in [0.1, 0.15) is 0 Å². The molecule has 0 aliphatic heterocycles. The summed E-state index contributed by atoms with van der Waals surface area (Å²) in [5, 5.41) is 5.39. The second kappa shape index (κ2) is 7.39. The normalized spacial score (nSPS) is 7.57. The molecule has 0 spiro atoms. The monoisotopic (exact) mass is 206 g/mol. The van der Waals surface area contributed by atoms with Crippen molar-refractivity contribution < 1.29 is 9.59 Å². The Morgan fingerprint density at radius 3 is 1.14 bits per heavy atom. The maximum Gasteiger partial charge on any atom is 0.337 e. The number of hydrogen-bond acceptors (Lipinski definition) is 6. The summed E-state index contributed by atoms with van der Waals surface area (Å²) < 4.78 is 0. The van der Waals surface area contributed by atoms with Crippen LogP contribution >= 0.6 is 0 Å². The number of carbonyl (C=O) groups is 2. The highest BCUT2D eigenvalue weighted by atomic mass is 16.3. The molecule has 10 nitrogen and oxygen atoms in total. The van der Waals surface area contributed by atoms with E-state index in [4.69, 9.17) is 0 Å². The van der Waals surface area contributed by atoms with Gasteiger partial charge in [-0.3, -0.25) is 0 Å². The van der Waals surface area contributed by atoms with Gasteiger partial charge in [0.05, 0.1) is 10.6 Å². The molecule has 14 heavy (non-hydrogen) atoms. The highest BCUT2D eigenvalue weighted by molar-refractivity contribution is 5.71. The molecule has 0 aromatic rings. The lowest BCUT2D eigenvalue weighted by Crippen LogP contribution is -2.26. The van der Waals surface area contributed by atoms with Crippen molar-refractivity contribution in [1.82, 2.24) is 10.0 Å². The molecule has 0 atom stereocenters. The molecule has 4 N–H and O–H groups in total. The first-order chi connectivity index (χ1) is 6.36. The van der Waals surface area contributed by atoms with Gasteiger partial charge in [0.25, 0.3) is 0 Å². The van der Waals surface area contributed by atoms with Crippen LogP contribution in [0.2, 0.25) is 0 Å². The van der Waals surface area contributed by atoms with Gasteiger partial charge in [-0.05, 0) is 0 Å². The molecule has 80 valence electrons. The van der Waals surface area contributed by atoms with Crippen LogP contribution in [0.1, 0.15) is 0 Å². The molecule has 0 saturated heterocycles. The van der Waals surface area contributed by atoms with E-state index < -0.39 is 12.1 Å². The van der Waals surface area contributed by atoms with E-state index in [0.29, 0.717) is 10.0 Å². The Balaban J connectivity index is 0. The number of rotatable bonds is 2. The van der Waals surface area contributed by atoms with Crippen LogP contribution in [0.4, 0.5) is 9.59 Å². The lowest BCUT2D eigenvalue weighted by molar-refractivity contribution is 0.219. The van der Waals surface area contributed by atoms with E-state index in [-0.39, 0.29) is 0 Å². The van der Waals surface area contributed by atoms with Crippen LogP contribution in [0.25, 0.3) is 0 Å². The van der Waals surface area contributed by atoms with Crippen LogP contribution in [-0.2, 0) is 0 Å². The van der Waals surface area contributed by atoms with Crippen molar-refractivity contribution in [2.75, 3.05) is 14.1 Å². The van der Waals surface area contributed by atoms with Gasteiger partial charge in [0, 0.05) is 14.1 Å². The average Bonchev–Trinajstić information content (AvgIpc) is 2.15. The van der Waals surface area contributed by atoms with E-state index in [0.717, 1.165) is 0 Å². The number of amides is 4. The second-order valence-electron chi connectivity index (χ2n) is 1.89. The van der Waals surface area contributed by atoms with Crippen LogP contribution in [0.3, 0.4) is 0 Å². The zero-order valence-corrected chi connectivity index (χ0v) is 7.58. The topological polar surface area (TPSA) is 152 Å². The first-order valence-electron chi connectivity index (χ1n) is 3.09. The first-order valence-corrected chi connectivity index (χ1v) is 3.09. The third-order valence-electron chi connectivity index (χ3n) is 0.883. The number of nitrogens with two attached hydrogens (primary N) is 2. The molecule has 0 radical (unpaired) electrons. The predicted octanol–water partition coefficient (Wildman–Crippen LogP) is -0.643. The Labute approximate surface area is 78.7 Å². The van der Waals surface area contributed by atoms with E-state index in [1.54, 1.807) is 0 Å². The first kappa shape index (κ1) is 14.3. The molecule has 0 heterocycles. The molecule has 0 aromatic heterocycles. The van der Waals surface area contributed by atoms with Crippen LogP contribution in [0.5, 0.6) is 0 Å². The number of urea groups is 2. The molecule has 0 rings (SSSR count). The minimum absolute atomic E-state index is 0.500. The molecule has 0 aliphatic rings. The Hall–Kier alpha value is -2.26. The van der Waals surface area contributed by atoms with E-state index in [2.05, 4.69) is 22.0 Å². The molecule has 0 aromatic carbocycles. The zero-order valence-electron chi connectivity index (χ0n) is 7.58. The Morgan fingerprint density at radius 2 is 1.14 bits per heavy atom. The largest absolute Gasteiger partial charge is 0.350 e. The summed E-state index contributed by atoms with van der Waals surface area (Å²) in [5.74, 6) is 0. The second-order valence-corrected chi connectivity index (χ2v) is 1.89. The molecule has 0 unspecified atom stereocenters. The Bertz CT molecular complexity index is 206. The summed E-state index contributed by atoms with van der Waals surface area (Å²) in [6, 6.07) is -1.70. The molecule has 0 bridgehead atoms. The minimum atomic E-state index is -0.852. The average molecular weight is 206 g/mol. The van der Waals surface area contributed by atoms with Crippen LogP contribution in [0.15, 0.2) is 10.6 Å². The Morgan fingerprint density at radius 1 is 0.929 bits per heavy atom. The Kier molecular flexibility index (Phi) is 7.54. The smallest absolute Gasteiger partial charge is 0.337 e. The summed E-state index contributed by atoms with van der Waals surface area (Å²) in [5.41, 5.74) is 9.08. The van der Waals surface area contributed by atoms with Crippen molar-refractivity contribution in [3.63, 3.8) is 0 Å². The predicted molar refractivity (Wildman–Crippen MR) is 46.3 cm³/mol. The minimum Gasteiger partial charge on any atom is -0.350 e. The molecular formula is C4H10N6O4. The van der Waals surface area contributed by atoms with Crippen LogP contribution in [0, 0.1) is 9.81 Å². The number of primary amides is 2. The van der Waals surface area contributed by atoms with E-state index in [1.165, 1.54) is 14.1 Å². The highest BCUT2D eigenvalue weighted by Gasteiger charge is 1.97. The summed E-state index contributed by atoms with van der Waals surface area (Å²) in [6.07, 6.45) is 0. The third-order valence-corrected chi connectivity index (χ3v) is 0.883. The molecular weight excluding hydrogens is 196 g/mol. The maximum absolute atomic E-state index is 9.78. The molecule has 0 saturated carbocycles. The van der Waals surface area contributed by atoms with Crippen molar-refractivity contribution in [3.05, 3.63) is 9.81 Å². The maximum atomic E-state index is 9.78. The summed E-state index contributed by atoms with van der Waals surface area (Å²) >= 11 is 0. The number of nitroso groups, excluding NO2 is 2. The van der Waals surface area contributed by atoms with Crippen molar-refractivity contribution >= 4 is 12.1 Å². The number of nitrogens with zero attached hydrogens (tertiary/aromatic N) is 4. The standard InChI is InChI=1S/2C2H5N3O2/c2*1-5(4-7)2(3)6/h2*1H3,(H2,3,6). The highest BCUT2D eigenvalue weighted by Crippen LogP contribution is 1.76. The zero-order chi connectivity index (χ0) is 11.7. The number of hydrogen-bond donors (Lipinski definition) is 2. The van der Waals surface area contributed by atoms with Crippen molar-refractivity contribution in [2.45, 2.75) is 0 Å². The SMILES string of the molecule is CN(N=O)C(N)=O.CN(N=O)C(N)=O. The molecule has 0 fully saturated rings. The summed E-state index contributed by atoms with van der Waals surface area (Å²) in [4.78, 5) is 38.2. The fraction of sp³-hybridized carbons (Fsp3) is 0.500. The van der Waals surface area contributed by atoms with Gasteiger partial charge in [0.2, 0.25) is 0 Å². The van der Waals surface area contributed by atoms with E-state index in [9.17, 15) is 19.4 Å². The van der Waals surface area contributed by atoms with Gasteiger partial charge in [-0.2, -0.15) is 10.0 Å². The van der Waals surface area contributed by atoms with Crippen molar-refractivity contribution in [1.29, 1.82) is 0 Å². The van der Waals surface area contributed by atoms with Crippen molar-refractivity contribution in [2.24, 2.45) is 22.0 Å². The molecule has 0 aliphatic carbocycles. The lowest BCUT2D eigenvalue weighted by atomic mass is 11.0. The quantitative estimate of drug-likeness (QED) is 0.455. The summed E-state index contributed by atoms with van der Waals surface area (Å²) in [6.45, 7) is 0. The fourth-order valence-corrected chi connectivity index (χ4v) is 0.0805.